The molecule has 108 valence electrons. The molecule has 0 aliphatic carbocycles. The summed E-state index contributed by atoms with van der Waals surface area (Å²) in [7, 11) is 5.43. The summed E-state index contributed by atoms with van der Waals surface area (Å²) in [5, 5.41) is 5.76. The van der Waals surface area contributed by atoms with E-state index in [1.54, 1.807) is 0 Å². The van der Waals surface area contributed by atoms with E-state index in [0.29, 0.717) is 6.42 Å². The fourth-order valence-corrected chi connectivity index (χ4v) is 2.34. The Labute approximate surface area is 119 Å². The third-order valence-corrected chi connectivity index (χ3v) is 3.40. The van der Waals surface area contributed by atoms with Crippen LogP contribution in [0.4, 0.5) is 0 Å². The lowest BCUT2D eigenvalue weighted by atomic mass is 10.2. The monoisotopic (exact) mass is 275 g/mol. The summed E-state index contributed by atoms with van der Waals surface area (Å²) >= 11 is 0. The molecule has 2 rings (SSSR count). The van der Waals surface area contributed by atoms with Gasteiger partial charge in [-0.1, -0.05) is 18.2 Å². The molecule has 1 aromatic heterocycles. The molecule has 1 aromatic carbocycles. The topological polar surface area (TPSA) is 47.4 Å². The molecule has 0 spiro atoms. The van der Waals surface area contributed by atoms with Crippen molar-refractivity contribution < 1.29 is 9.53 Å². The fraction of sp³-hybridized carbons (Fsp3) is 0.467. The van der Waals surface area contributed by atoms with Crippen molar-refractivity contribution in [1.82, 2.24) is 14.7 Å². The quantitative estimate of drug-likeness (QED) is 0.756. The number of rotatable bonds is 6. The van der Waals surface area contributed by atoms with E-state index >= 15 is 0 Å². The molecule has 2 aromatic rings. The molecule has 0 saturated heterocycles. The van der Waals surface area contributed by atoms with Crippen LogP contribution in [0.5, 0.6) is 0 Å². The highest BCUT2D eigenvalue weighted by molar-refractivity contribution is 5.81. The van der Waals surface area contributed by atoms with E-state index in [1.165, 1.54) is 12.5 Å². The maximum Gasteiger partial charge on any atom is 0.305 e. The van der Waals surface area contributed by atoms with E-state index in [1.807, 2.05) is 30.9 Å². The van der Waals surface area contributed by atoms with Gasteiger partial charge in [0.2, 0.25) is 0 Å². The molecular weight excluding hydrogens is 254 g/mol. The number of fused-ring (bicyclic) bond motifs is 1. The molecule has 0 atom stereocenters. The SMILES string of the molecule is COC(=O)CCCN(C)Cc1nn(C)c2ccccc12. The van der Waals surface area contributed by atoms with Gasteiger partial charge in [-0.15, -0.1) is 0 Å². The van der Waals surface area contributed by atoms with Crippen LogP contribution in [0.2, 0.25) is 0 Å². The third-order valence-electron chi connectivity index (χ3n) is 3.40. The molecule has 0 N–H and O–H groups in total. The summed E-state index contributed by atoms with van der Waals surface area (Å²) in [5.74, 6) is -0.151. The van der Waals surface area contributed by atoms with Gasteiger partial charge in [0.25, 0.3) is 0 Å². The molecule has 20 heavy (non-hydrogen) atoms. The Balaban J connectivity index is 1.96. The Hall–Kier alpha value is -1.88. The number of aromatic nitrogens is 2. The minimum absolute atomic E-state index is 0.151. The maximum atomic E-state index is 11.1. The largest absolute Gasteiger partial charge is 0.469 e. The smallest absolute Gasteiger partial charge is 0.305 e. The molecule has 0 fully saturated rings. The number of ether oxygens (including phenoxy) is 1. The molecule has 5 heteroatoms. The van der Waals surface area contributed by atoms with Gasteiger partial charge < -0.3 is 9.64 Å². The van der Waals surface area contributed by atoms with Gasteiger partial charge >= 0.3 is 5.97 Å². The second-order valence-corrected chi connectivity index (χ2v) is 5.00. The summed E-state index contributed by atoms with van der Waals surface area (Å²) < 4.78 is 6.55. The number of carbonyl (C=O) groups is 1. The highest BCUT2D eigenvalue weighted by Crippen LogP contribution is 2.18. The number of carbonyl (C=O) groups excluding carboxylic acids is 1. The average molecular weight is 275 g/mol. The summed E-state index contributed by atoms with van der Waals surface area (Å²) in [6, 6.07) is 8.22. The van der Waals surface area contributed by atoms with Gasteiger partial charge in [0, 0.05) is 25.4 Å². The second-order valence-electron chi connectivity index (χ2n) is 5.00. The molecule has 0 aliphatic rings. The maximum absolute atomic E-state index is 11.1. The summed E-state index contributed by atoms with van der Waals surface area (Å²) in [5.41, 5.74) is 2.22. The van der Waals surface area contributed by atoms with Gasteiger partial charge in [-0.05, 0) is 26.1 Å². The lowest BCUT2D eigenvalue weighted by Gasteiger charge is -2.14. The zero-order valence-corrected chi connectivity index (χ0v) is 12.3. The van der Waals surface area contributed by atoms with Crippen molar-refractivity contribution in [2.45, 2.75) is 19.4 Å². The molecule has 0 aliphatic heterocycles. The minimum atomic E-state index is -0.151. The van der Waals surface area contributed by atoms with Crippen molar-refractivity contribution in [3.63, 3.8) is 0 Å². The highest BCUT2D eigenvalue weighted by Gasteiger charge is 2.10. The molecule has 1 heterocycles. The molecule has 0 saturated carbocycles. The first kappa shape index (κ1) is 14.5. The van der Waals surface area contributed by atoms with Crippen molar-refractivity contribution in [3.05, 3.63) is 30.0 Å². The van der Waals surface area contributed by atoms with Crippen LogP contribution in [0.1, 0.15) is 18.5 Å². The van der Waals surface area contributed by atoms with Gasteiger partial charge in [0.15, 0.2) is 0 Å². The van der Waals surface area contributed by atoms with Crippen LogP contribution in [0.25, 0.3) is 10.9 Å². The number of methoxy groups -OCH3 is 1. The molecule has 0 radical (unpaired) electrons. The van der Waals surface area contributed by atoms with Gasteiger partial charge in [-0.2, -0.15) is 5.10 Å². The Bertz CT molecular complexity index is 592. The van der Waals surface area contributed by atoms with Crippen LogP contribution < -0.4 is 0 Å². The van der Waals surface area contributed by atoms with Crippen molar-refractivity contribution in [3.8, 4) is 0 Å². The van der Waals surface area contributed by atoms with Gasteiger partial charge in [-0.25, -0.2) is 0 Å². The Morgan fingerprint density at radius 1 is 1.40 bits per heavy atom. The number of hydrogen-bond acceptors (Lipinski definition) is 4. The summed E-state index contributed by atoms with van der Waals surface area (Å²) in [6.07, 6.45) is 1.26. The predicted octanol–water partition coefficient (Wildman–Crippen LogP) is 1.96. The third kappa shape index (κ3) is 3.36. The average Bonchev–Trinajstić information content (AvgIpc) is 2.76. The summed E-state index contributed by atoms with van der Waals surface area (Å²) in [4.78, 5) is 13.3. The molecule has 0 amide bonds. The second kappa shape index (κ2) is 6.52. The van der Waals surface area contributed by atoms with Crippen molar-refractivity contribution in [2.24, 2.45) is 7.05 Å². The van der Waals surface area contributed by atoms with Gasteiger partial charge in [0.05, 0.1) is 18.3 Å². The number of para-hydroxylation sites is 1. The van der Waals surface area contributed by atoms with Crippen molar-refractivity contribution in [2.75, 3.05) is 20.7 Å². The Morgan fingerprint density at radius 3 is 2.90 bits per heavy atom. The summed E-state index contributed by atoms with van der Waals surface area (Å²) in [6.45, 7) is 1.63. The number of hydrogen-bond donors (Lipinski definition) is 0. The first-order valence-electron chi connectivity index (χ1n) is 6.78. The van der Waals surface area contributed by atoms with E-state index in [-0.39, 0.29) is 5.97 Å². The van der Waals surface area contributed by atoms with E-state index in [0.717, 1.165) is 30.7 Å². The zero-order chi connectivity index (χ0) is 14.5. The van der Waals surface area contributed by atoms with Crippen molar-refractivity contribution >= 4 is 16.9 Å². The van der Waals surface area contributed by atoms with Gasteiger partial charge in [-0.3, -0.25) is 9.48 Å². The highest BCUT2D eigenvalue weighted by atomic mass is 16.5. The van der Waals surface area contributed by atoms with Crippen LogP contribution in [-0.4, -0.2) is 41.4 Å². The standard InChI is InChI=1S/C15H21N3O2/c1-17(10-6-9-15(19)20-3)11-13-12-7-4-5-8-14(12)18(2)16-13/h4-5,7-8H,6,9-11H2,1-3H3. The van der Waals surface area contributed by atoms with Crippen LogP contribution in [0.15, 0.2) is 24.3 Å². The lowest BCUT2D eigenvalue weighted by molar-refractivity contribution is -0.140. The van der Waals surface area contributed by atoms with E-state index in [9.17, 15) is 4.79 Å². The van der Waals surface area contributed by atoms with Gasteiger partial charge in [0.1, 0.15) is 0 Å². The lowest BCUT2D eigenvalue weighted by Crippen LogP contribution is -2.20. The van der Waals surface area contributed by atoms with E-state index < -0.39 is 0 Å². The van der Waals surface area contributed by atoms with Crippen LogP contribution in [0.3, 0.4) is 0 Å². The first-order valence-corrected chi connectivity index (χ1v) is 6.78. The molecule has 0 unspecified atom stereocenters. The Kier molecular flexibility index (Phi) is 4.74. The number of benzene rings is 1. The minimum Gasteiger partial charge on any atom is -0.469 e. The van der Waals surface area contributed by atoms with E-state index in [2.05, 4.69) is 26.9 Å². The predicted molar refractivity (Wildman–Crippen MR) is 78.3 cm³/mol. The molecule has 0 bridgehead atoms. The van der Waals surface area contributed by atoms with Crippen LogP contribution >= 0.6 is 0 Å². The van der Waals surface area contributed by atoms with E-state index in [4.69, 9.17) is 0 Å². The van der Waals surface area contributed by atoms with Crippen LogP contribution in [-0.2, 0) is 23.1 Å². The number of nitrogens with zero attached hydrogens (tertiary/aromatic N) is 3. The molecular formula is C15H21N3O2. The fourth-order valence-electron chi connectivity index (χ4n) is 2.34. The number of aryl methyl sites for hydroxylation is 1. The Morgan fingerprint density at radius 2 is 2.15 bits per heavy atom. The molecule has 5 nitrogen and oxygen atoms in total. The zero-order valence-electron chi connectivity index (χ0n) is 12.3. The van der Waals surface area contributed by atoms with Crippen molar-refractivity contribution in [1.29, 1.82) is 0 Å². The first-order chi connectivity index (χ1) is 9.61. The normalized spacial score (nSPS) is 11.2. The number of esters is 1. The van der Waals surface area contributed by atoms with Crippen LogP contribution in [0, 0.1) is 0 Å².